The lowest BCUT2D eigenvalue weighted by Gasteiger charge is -2.30. The van der Waals surface area contributed by atoms with E-state index in [1.807, 2.05) is 4.57 Å². The lowest BCUT2D eigenvalue weighted by molar-refractivity contribution is 0.269. The minimum atomic E-state index is -3.37. The third-order valence-electron chi connectivity index (χ3n) is 4.35. The predicted octanol–water partition coefficient (Wildman–Crippen LogP) is 3.45. The Labute approximate surface area is 133 Å². The molecule has 0 radical (unpaired) electrons. The summed E-state index contributed by atoms with van der Waals surface area (Å²) in [6.45, 7) is 6.32. The van der Waals surface area contributed by atoms with Crippen molar-refractivity contribution in [3.63, 3.8) is 0 Å². The maximum Gasteiger partial charge on any atom is 0.244 e. The first kappa shape index (κ1) is 16.8. The third kappa shape index (κ3) is 3.63. The fourth-order valence-corrected chi connectivity index (χ4v) is 4.70. The minimum Gasteiger partial charge on any atom is -0.349 e. The van der Waals surface area contributed by atoms with Gasteiger partial charge < -0.3 is 4.57 Å². The van der Waals surface area contributed by atoms with Crippen LogP contribution in [0.4, 0.5) is 0 Å². The molecule has 21 heavy (non-hydrogen) atoms. The molecule has 1 aromatic heterocycles. The van der Waals surface area contributed by atoms with Gasteiger partial charge in [-0.3, -0.25) is 0 Å². The molecule has 1 saturated heterocycles. The smallest absolute Gasteiger partial charge is 0.244 e. The Balaban J connectivity index is 2.20. The monoisotopic (exact) mass is 332 g/mol. The molecule has 0 aromatic carbocycles. The summed E-state index contributed by atoms with van der Waals surface area (Å²) in [4.78, 5) is 0.390. The predicted molar refractivity (Wildman–Crippen MR) is 86.1 cm³/mol. The first-order valence-corrected chi connectivity index (χ1v) is 9.75. The molecule has 0 bridgehead atoms. The zero-order chi connectivity index (χ0) is 15.5. The average Bonchev–Trinajstić information content (AvgIpc) is 2.91. The van der Waals surface area contributed by atoms with Crippen molar-refractivity contribution in [3.05, 3.63) is 18.0 Å². The van der Waals surface area contributed by atoms with Gasteiger partial charge in [-0.25, -0.2) is 8.42 Å². The van der Waals surface area contributed by atoms with Crippen LogP contribution in [-0.4, -0.2) is 30.4 Å². The number of piperidine rings is 1. The van der Waals surface area contributed by atoms with Crippen molar-refractivity contribution in [2.45, 2.75) is 56.9 Å². The van der Waals surface area contributed by atoms with E-state index in [0.29, 0.717) is 29.8 Å². The fraction of sp³-hybridized carbons (Fsp3) is 0.733. The number of aryl methyl sites for hydroxylation is 1. The number of nitrogens with zero attached hydrogens (tertiary/aromatic N) is 2. The normalized spacial score (nSPS) is 18.2. The molecule has 6 heteroatoms. The number of halogens is 1. The molecule has 1 fully saturated rings. The number of rotatable bonds is 6. The maximum absolute atomic E-state index is 12.7. The molecular weight excluding hydrogens is 308 g/mol. The fourth-order valence-electron chi connectivity index (χ4n) is 2.93. The molecule has 0 N–H and O–H groups in total. The van der Waals surface area contributed by atoms with Crippen LogP contribution in [0.2, 0.25) is 0 Å². The summed E-state index contributed by atoms with van der Waals surface area (Å²) < 4.78 is 29.1. The maximum atomic E-state index is 12.7. The van der Waals surface area contributed by atoms with Gasteiger partial charge in [0.2, 0.25) is 10.0 Å². The highest BCUT2D eigenvalue weighted by Crippen LogP contribution is 2.26. The summed E-state index contributed by atoms with van der Waals surface area (Å²) in [5.74, 6) is 1.01. The lowest BCUT2D eigenvalue weighted by Crippen LogP contribution is -2.38. The molecular formula is C15H25ClN2O2S. The highest BCUT2D eigenvalue weighted by molar-refractivity contribution is 7.89. The van der Waals surface area contributed by atoms with E-state index >= 15 is 0 Å². The van der Waals surface area contributed by atoms with Gasteiger partial charge in [-0.2, -0.15) is 4.31 Å². The van der Waals surface area contributed by atoms with Crippen LogP contribution in [0.15, 0.2) is 17.2 Å². The number of hydrogen-bond acceptors (Lipinski definition) is 2. The van der Waals surface area contributed by atoms with Crippen LogP contribution in [0.3, 0.4) is 0 Å². The van der Waals surface area contributed by atoms with Gasteiger partial charge in [0.05, 0.1) is 5.88 Å². The van der Waals surface area contributed by atoms with Crippen LogP contribution in [0.5, 0.6) is 0 Å². The van der Waals surface area contributed by atoms with Crippen molar-refractivity contribution < 1.29 is 8.42 Å². The van der Waals surface area contributed by atoms with Crippen molar-refractivity contribution in [3.8, 4) is 0 Å². The first-order chi connectivity index (χ1) is 10.0. The van der Waals surface area contributed by atoms with Gasteiger partial charge in [0.15, 0.2) is 0 Å². The minimum absolute atomic E-state index is 0.341. The zero-order valence-electron chi connectivity index (χ0n) is 12.9. The highest BCUT2D eigenvalue weighted by atomic mass is 35.5. The van der Waals surface area contributed by atoms with Gasteiger partial charge in [-0.15, -0.1) is 11.6 Å². The second-order valence-electron chi connectivity index (χ2n) is 5.75. The van der Waals surface area contributed by atoms with Crippen LogP contribution in [0.25, 0.3) is 0 Å². The SMILES string of the molecule is CCCn1cc(S(=O)(=O)N2CCC(CC)CC2)cc1CCl. The van der Waals surface area contributed by atoms with Crippen LogP contribution in [0, 0.1) is 5.92 Å². The molecule has 0 amide bonds. The number of alkyl halides is 1. The first-order valence-electron chi connectivity index (χ1n) is 7.78. The standard InChI is InChI=1S/C15H25ClN2O2S/c1-3-7-17-12-15(10-14(17)11-16)21(19,20)18-8-5-13(4-2)6-9-18/h10,12-13H,3-9,11H2,1-2H3. The molecule has 4 nitrogen and oxygen atoms in total. The van der Waals surface area contributed by atoms with Gasteiger partial charge >= 0.3 is 0 Å². The Morgan fingerprint density at radius 1 is 1.29 bits per heavy atom. The molecule has 1 aromatic rings. The van der Waals surface area contributed by atoms with Gasteiger partial charge in [0, 0.05) is 31.5 Å². The van der Waals surface area contributed by atoms with Crippen molar-refractivity contribution in [2.24, 2.45) is 5.92 Å². The average molecular weight is 333 g/mol. The summed E-state index contributed by atoms with van der Waals surface area (Å²) in [6, 6.07) is 1.73. The van der Waals surface area contributed by atoms with Crippen molar-refractivity contribution in [1.29, 1.82) is 0 Å². The summed E-state index contributed by atoms with van der Waals surface area (Å²) in [5.41, 5.74) is 0.875. The topological polar surface area (TPSA) is 42.3 Å². The van der Waals surface area contributed by atoms with E-state index < -0.39 is 10.0 Å². The van der Waals surface area contributed by atoms with Crippen molar-refractivity contribution >= 4 is 21.6 Å². The quantitative estimate of drug-likeness (QED) is 0.749. The van der Waals surface area contributed by atoms with Crippen molar-refractivity contribution in [1.82, 2.24) is 8.87 Å². The van der Waals surface area contributed by atoms with Crippen LogP contribution in [-0.2, 0) is 22.4 Å². The molecule has 2 rings (SSSR count). The zero-order valence-corrected chi connectivity index (χ0v) is 14.5. The molecule has 0 atom stereocenters. The molecule has 0 unspecified atom stereocenters. The molecule has 0 aliphatic carbocycles. The Morgan fingerprint density at radius 3 is 2.48 bits per heavy atom. The number of sulfonamides is 1. The second-order valence-corrected chi connectivity index (χ2v) is 7.96. The summed E-state index contributed by atoms with van der Waals surface area (Å²) in [7, 11) is -3.37. The summed E-state index contributed by atoms with van der Waals surface area (Å²) >= 11 is 5.93. The Kier molecular flexibility index (Phi) is 5.74. The van der Waals surface area contributed by atoms with Crippen LogP contribution < -0.4 is 0 Å². The van der Waals surface area contributed by atoms with E-state index in [0.717, 1.165) is 37.9 Å². The van der Waals surface area contributed by atoms with Crippen LogP contribution >= 0.6 is 11.6 Å². The van der Waals surface area contributed by atoms with Gasteiger partial charge in [-0.1, -0.05) is 20.3 Å². The molecule has 2 heterocycles. The van der Waals surface area contributed by atoms with E-state index in [2.05, 4.69) is 13.8 Å². The molecule has 0 saturated carbocycles. The Hall–Kier alpha value is -0.520. The van der Waals surface area contributed by atoms with E-state index in [1.54, 1.807) is 16.6 Å². The van der Waals surface area contributed by atoms with E-state index in [9.17, 15) is 8.42 Å². The molecule has 0 spiro atoms. The summed E-state index contributed by atoms with van der Waals surface area (Å²) in [6.07, 6.45) is 5.76. The van der Waals surface area contributed by atoms with E-state index in [4.69, 9.17) is 11.6 Å². The Morgan fingerprint density at radius 2 is 1.95 bits per heavy atom. The van der Waals surface area contributed by atoms with Gasteiger partial charge in [-0.05, 0) is 31.2 Å². The lowest BCUT2D eigenvalue weighted by atomic mass is 9.96. The molecule has 120 valence electrons. The second kappa shape index (κ2) is 7.16. The third-order valence-corrected chi connectivity index (χ3v) is 6.49. The Bertz CT molecular complexity index is 560. The molecule has 1 aliphatic rings. The van der Waals surface area contributed by atoms with Crippen LogP contribution in [0.1, 0.15) is 45.2 Å². The van der Waals surface area contributed by atoms with Gasteiger partial charge in [0.1, 0.15) is 4.90 Å². The molecule has 1 aliphatic heterocycles. The number of aromatic nitrogens is 1. The summed E-state index contributed by atoms with van der Waals surface area (Å²) in [5, 5.41) is 0. The van der Waals surface area contributed by atoms with Gasteiger partial charge in [0.25, 0.3) is 0 Å². The van der Waals surface area contributed by atoms with Crippen molar-refractivity contribution in [2.75, 3.05) is 13.1 Å². The number of hydrogen-bond donors (Lipinski definition) is 0. The van der Waals surface area contributed by atoms with E-state index in [1.165, 1.54) is 0 Å². The largest absolute Gasteiger partial charge is 0.349 e. The highest BCUT2D eigenvalue weighted by Gasteiger charge is 2.30. The van der Waals surface area contributed by atoms with E-state index in [-0.39, 0.29) is 0 Å².